The number of ether oxygens (including phenoxy) is 1. The van der Waals surface area contributed by atoms with Crippen molar-refractivity contribution < 1.29 is 17.9 Å². The first-order chi connectivity index (χ1) is 10.9. The highest BCUT2D eigenvalue weighted by atomic mass is 32.2. The van der Waals surface area contributed by atoms with Gasteiger partial charge in [-0.15, -0.1) is 0 Å². The molecule has 0 aromatic heterocycles. The minimum absolute atomic E-state index is 0.210. The molecule has 2 rings (SSSR count). The van der Waals surface area contributed by atoms with Gasteiger partial charge in [0.2, 0.25) is 10.0 Å². The summed E-state index contributed by atoms with van der Waals surface area (Å²) in [6.45, 7) is 2.74. The van der Waals surface area contributed by atoms with E-state index >= 15 is 0 Å². The molecule has 0 aliphatic carbocycles. The number of nitrogens with one attached hydrogen (secondary N) is 1. The molecule has 1 atom stereocenters. The molecule has 1 heterocycles. The van der Waals surface area contributed by atoms with Crippen molar-refractivity contribution in [3.05, 3.63) is 24.3 Å². The third kappa shape index (κ3) is 4.53. The summed E-state index contributed by atoms with van der Waals surface area (Å²) < 4.78 is 32.0. The van der Waals surface area contributed by atoms with Crippen molar-refractivity contribution in [1.29, 1.82) is 0 Å². The summed E-state index contributed by atoms with van der Waals surface area (Å²) in [5.74, 6) is -0.308. The molecule has 0 saturated carbocycles. The zero-order valence-electron chi connectivity index (χ0n) is 13.6. The number of benzene rings is 1. The highest BCUT2D eigenvalue weighted by Gasteiger charge is 2.25. The molecule has 1 N–H and O–H groups in total. The topological polar surface area (TPSA) is 75.7 Å². The van der Waals surface area contributed by atoms with Crippen LogP contribution in [0.1, 0.15) is 32.6 Å². The van der Waals surface area contributed by atoms with Crippen LogP contribution in [-0.4, -0.2) is 44.9 Å². The number of nitrogens with zero attached hydrogens (tertiary/aromatic N) is 1. The summed E-state index contributed by atoms with van der Waals surface area (Å²) in [7, 11) is -2.07. The SMILES string of the molecule is CO[C@@H](C)C(=O)Nc1cccc(S(=O)(=O)N2CCCCCC2)c1. The second-order valence-corrected chi connectivity index (χ2v) is 7.65. The molecule has 1 aliphatic rings. The lowest BCUT2D eigenvalue weighted by Crippen LogP contribution is -2.32. The van der Waals surface area contributed by atoms with Crippen molar-refractivity contribution in [2.24, 2.45) is 0 Å². The summed E-state index contributed by atoms with van der Waals surface area (Å²) in [5.41, 5.74) is 0.454. The number of rotatable bonds is 5. The first kappa shape index (κ1) is 17.9. The highest BCUT2D eigenvalue weighted by molar-refractivity contribution is 7.89. The van der Waals surface area contributed by atoms with Crippen LogP contribution in [0.4, 0.5) is 5.69 Å². The molecule has 1 saturated heterocycles. The Balaban J connectivity index is 2.19. The lowest BCUT2D eigenvalue weighted by atomic mass is 10.2. The van der Waals surface area contributed by atoms with Crippen LogP contribution >= 0.6 is 0 Å². The van der Waals surface area contributed by atoms with E-state index in [1.807, 2.05) is 0 Å². The number of hydrogen-bond donors (Lipinski definition) is 1. The van der Waals surface area contributed by atoms with E-state index < -0.39 is 16.1 Å². The molecular formula is C16H24N2O4S. The average molecular weight is 340 g/mol. The van der Waals surface area contributed by atoms with E-state index in [0.29, 0.717) is 18.8 Å². The Morgan fingerprint density at radius 2 is 1.87 bits per heavy atom. The maximum Gasteiger partial charge on any atom is 0.253 e. The number of sulfonamides is 1. The molecule has 0 radical (unpaired) electrons. The molecule has 0 spiro atoms. The van der Waals surface area contributed by atoms with Gasteiger partial charge in [0.1, 0.15) is 6.10 Å². The maximum atomic E-state index is 12.8. The largest absolute Gasteiger partial charge is 0.372 e. The third-order valence-electron chi connectivity index (χ3n) is 4.03. The Morgan fingerprint density at radius 3 is 2.48 bits per heavy atom. The van der Waals surface area contributed by atoms with Gasteiger partial charge in [-0.1, -0.05) is 18.9 Å². The number of anilines is 1. The molecule has 1 aromatic rings. The fraction of sp³-hybridized carbons (Fsp3) is 0.562. The zero-order valence-corrected chi connectivity index (χ0v) is 14.4. The van der Waals surface area contributed by atoms with Gasteiger partial charge in [-0.2, -0.15) is 4.31 Å². The number of carbonyl (C=O) groups is 1. The van der Waals surface area contributed by atoms with Crippen molar-refractivity contribution in [3.63, 3.8) is 0 Å². The van der Waals surface area contributed by atoms with E-state index in [1.54, 1.807) is 29.4 Å². The second kappa shape index (κ2) is 7.90. The van der Waals surface area contributed by atoms with Crippen LogP contribution in [0, 0.1) is 0 Å². The fourth-order valence-electron chi connectivity index (χ4n) is 2.52. The van der Waals surface area contributed by atoms with E-state index in [9.17, 15) is 13.2 Å². The zero-order chi connectivity index (χ0) is 16.9. The van der Waals surface area contributed by atoms with E-state index in [2.05, 4.69) is 5.32 Å². The van der Waals surface area contributed by atoms with E-state index in [4.69, 9.17) is 4.74 Å². The number of carbonyl (C=O) groups excluding carboxylic acids is 1. The lowest BCUT2D eigenvalue weighted by Gasteiger charge is -2.20. The molecule has 23 heavy (non-hydrogen) atoms. The summed E-state index contributed by atoms with van der Waals surface area (Å²) in [5, 5.41) is 2.67. The van der Waals surface area contributed by atoms with E-state index in [0.717, 1.165) is 25.7 Å². The van der Waals surface area contributed by atoms with Gasteiger partial charge in [0.15, 0.2) is 0 Å². The van der Waals surface area contributed by atoms with Gasteiger partial charge in [0.05, 0.1) is 4.90 Å². The Kier molecular flexibility index (Phi) is 6.15. The summed E-state index contributed by atoms with van der Waals surface area (Å²) in [4.78, 5) is 12.1. The molecule has 1 aliphatic heterocycles. The van der Waals surface area contributed by atoms with Crippen LogP contribution in [0.2, 0.25) is 0 Å². The smallest absolute Gasteiger partial charge is 0.253 e. The lowest BCUT2D eigenvalue weighted by molar-refractivity contribution is -0.124. The molecule has 1 aromatic carbocycles. The number of methoxy groups -OCH3 is 1. The van der Waals surface area contributed by atoms with Gasteiger partial charge in [-0.3, -0.25) is 4.79 Å². The summed E-state index contributed by atoms with van der Waals surface area (Å²) >= 11 is 0. The predicted octanol–water partition coefficient (Wildman–Crippen LogP) is 2.22. The number of amides is 1. The summed E-state index contributed by atoms with van der Waals surface area (Å²) in [6, 6.07) is 6.37. The first-order valence-electron chi connectivity index (χ1n) is 7.89. The molecular weight excluding hydrogens is 316 g/mol. The Hall–Kier alpha value is -1.44. The van der Waals surface area contributed by atoms with Crippen LogP contribution in [0.15, 0.2) is 29.2 Å². The molecule has 1 fully saturated rings. The standard InChI is InChI=1S/C16H24N2O4S/c1-13(22-2)16(19)17-14-8-7-9-15(12-14)23(20,21)18-10-5-3-4-6-11-18/h7-9,12-13H,3-6,10-11H2,1-2H3,(H,17,19)/t13-/m0/s1. The van der Waals surface area contributed by atoms with Gasteiger partial charge < -0.3 is 10.1 Å². The highest BCUT2D eigenvalue weighted by Crippen LogP contribution is 2.22. The van der Waals surface area contributed by atoms with Crippen molar-refractivity contribution in [3.8, 4) is 0 Å². The second-order valence-electron chi connectivity index (χ2n) is 5.71. The van der Waals surface area contributed by atoms with Crippen molar-refractivity contribution in [2.45, 2.75) is 43.6 Å². The van der Waals surface area contributed by atoms with E-state index in [1.165, 1.54) is 13.2 Å². The molecule has 7 heteroatoms. The van der Waals surface area contributed by atoms with E-state index in [-0.39, 0.29) is 10.8 Å². The molecule has 0 bridgehead atoms. The van der Waals surface area contributed by atoms with Crippen LogP contribution in [0.25, 0.3) is 0 Å². The fourth-order valence-corrected chi connectivity index (χ4v) is 4.08. The Morgan fingerprint density at radius 1 is 1.22 bits per heavy atom. The van der Waals surface area contributed by atoms with Gasteiger partial charge in [-0.05, 0) is 38.0 Å². The quantitative estimate of drug-likeness (QED) is 0.892. The van der Waals surface area contributed by atoms with Gasteiger partial charge in [-0.25, -0.2) is 8.42 Å². The summed E-state index contributed by atoms with van der Waals surface area (Å²) in [6.07, 6.45) is 3.32. The molecule has 0 unspecified atom stereocenters. The van der Waals surface area contributed by atoms with Gasteiger partial charge in [0.25, 0.3) is 5.91 Å². The maximum absolute atomic E-state index is 12.8. The Bertz CT molecular complexity index is 637. The predicted molar refractivity (Wildman–Crippen MR) is 88.8 cm³/mol. The van der Waals surface area contributed by atoms with Crippen molar-refractivity contribution >= 4 is 21.6 Å². The Labute approximate surface area is 137 Å². The first-order valence-corrected chi connectivity index (χ1v) is 9.33. The molecule has 1 amide bonds. The van der Waals surface area contributed by atoms with Gasteiger partial charge in [0, 0.05) is 25.9 Å². The van der Waals surface area contributed by atoms with Gasteiger partial charge >= 0.3 is 0 Å². The van der Waals surface area contributed by atoms with Crippen LogP contribution in [-0.2, 0) is 19.6 Å². The van der Waals surface area contributed by atoms with Crippen molar-refractivity contribution in [1.82, 2.24) is 4.31 Å². The van der Waals surface area contributed by atoms with Crippen molar-refractivity contribution in [2.75, 3.05) is 25.5 Å². The minimum Gasteiger partial charge on any atom is -0.372 e. The molecule has 6 nitrogen and oxygen atoms in total. The third-order valence-corrected chi connectivity index (χ3v) is 5.92. The van der Waals surface area contributed by atoms with Crippen LogP contribution in [0.3, 0.4) is 0 Å². The average Bonchev–Trinajstić information content (AvgIpc) is 2.84. The normalized spacial score (nSPS) is 18.2. The monoisotopic (exact) mass is 340 g/mol. The van der Waals surface area contributed by atoms with Crippen LogP contribution < -0.4 is 5.32 Å². The minimum atomic E-state index is -3.52. The molecule has 128 valence electrons. The van der Waals surface area contributed by atoms with Crippen LogP contribution in [0.5, 0.6) is 0 Å². The number of hydrogen-bond acceptors (Lipinski definition) is 4.